The number of ether oxygens (including phenoxy) is 1. The molecule has 0 heterocycles. The number of benzene rings is 6. The normalized spacial score (nSPS) is 15.3. The maximum absolute atomic E-state index is 4.44. The fraction of sp³-hybridized carbons (Fsp3) is 0.111. The summed E-state index contributed by atoms with van der Waals surface area (Å²) in [6.07, 6.45) is 15.5. The van der Waals surface area contributed by atoms with Crippen LogP contribution in [0.15, 0.2) is 219 Å². The molecule has 57 heavy (non-hydrogen) atoms. The molecule has 2 aliphatic rings. The number of para-hydroxylation sites is 3. The zero-order valence-corrected chi connectivity index (χ0v) is 33.4. The van der Waals surface area contributed by atoms with Gasteiger partial charge in [0.05, 0.1) is 11.1 Å². The van der Waals surface area contributed by atoms with E-state index in [4.69, 9.17) is 0 Å². The molecule has 3 nitrogen and oxygen atoms in total. The molecule has 0 saturated heterocycles. The van der Waals surface area contributed by atoms with Crippen LogP contribution in [-0.4, -0.2) is 14.2 Å². The van der Waals surface area contributed by atoms with Gasteiger partial charge in [-0.3, -0.25) is 0 Å². The van der Waals surface area contributed by atoms with Gasteiger partial charge in [-0.05, 0) is 112 Å². The van der Waals surface area contributed by atoms with Crippen molar-refractivity contribution >= 4 is 22.6 Å². The third-order valence-electron chi connectivity index (χ3n) is 10.8. The zero-order chi connectivity index (χ0) is 39.8. The van der Waals surface area contributed by atoms with Crippen molar-refractivity contribution in [2.24, 2.45) is 0 Å². The van der Waals surface area contributed by atoms with Gasteiger partial charge in [0.15, 0.2) is 0 Å². The number of hydrogen-bond donors (Lipinski definition) is 0. The second kappa shape index (κ2) is 17.4. The van der Waals surface area contributed by atoms with E-state index in [0.29, 0.717) is 0 Å². The van der Waals surface area contributed by atoms with Gasteiger partial charge in [-0.15, -0.1) is 0 Å². The van der Waals surface area contributed by atoms with Crippen LogP contribution in [0.3, 0.4) is 0 Å². The SMILES string of the molecule is C=C/C=C\C=C/N(C1=C(/C=C(\C=C)N(c2ccccc2)c2ccccc2)c2ccccc2C12c1ccccc1-c1cc(C)c(CC)cc12)c1ccccc1.COC. The molecule has 3 heteroatoms. The smallest absolute Gasteiger partial charge is 0.0881 e. The fourth-order valence-corrected chi connectivity index (χ4v) is 8.48. The first-order valence-corrected chi connectivity index (χ1v) is 19.6. The summed E-state index contributed by atoms with van der Waals surface area (Å²) in [4.78, 5) is 4.71. The predicted molar refractivity (Wildman–Crippen MR) is 243 cm³/mol. The van der Waals surface area contributed by atoms with Crippen LogP contribution >= 0.6 is 0 Å². The second-order valence-electron chi connectivity index (χ2n) is 14.1. The highest BCUT2D eigenvalue weighted by atomic mass is 16.4. The van der Waals surface area contributed by atoms with E-state index in [0.717, 1.165) is 34.8 Å². The molecular weight excluding hydrogens is 693 g/mol. The zero-order valence-electron chi connectivity index (χ0n) is 33.4. The molecule has 8 rings (SSSR count). The Morgan fingerprint density at radius 2 is 1.14 bits per heavy atom. The lowest BCUT2D eigenvalue weighted by atomic mass is 9.71. The summed E-state index contributed by atoms with van der Waals surface area (Å²) in [7, 11) is 3.25. The Bertz CT molecular complexity index is 2450. The molecule has 282 valence electrons. The number of aryl methyl sites for hydroxylation is 2. The van der Waals surface area contributed by atoms with Crippen LogP contribution in [0.5, 0.6) is 0 Å². The van der Waals surface area contributed by atoms with Crippen molar-refractivity contribution in [2.75, 3.05) is 24.0 Å². The first-order chi connectivity index (χ1) is 28.0. The summed E-state index contributed by atoms with van der Waals surface area (Å²) >= 11 is 0. The molecule has 1 atom stereocenters. The largest absolute Gasteiger partial charge is 0.388 e. The summed E-state index contributed by atoms with van der Waals surface area (Å²) in [5, 5.41) is 0. The van der Waals surface area contributed by atoms with Gasteiger partial charge in [-0.25, -0.2) is 0 Å². The van der Waals surface area contributed by atoms with E-state index in [9.17, 15) is 0 Å². The van der Waals surface area contributed by atoms with Gasteiger partial charge >= 0.3 is 0 Å². The van der Waals surface area contributed by atoms with Crippen molar-refractivity contribution in [3.63, 3.8) is 0 Å². The third-order valence-corrected chi connectivity index (χ3v) is 10.8. The molecule has 6 aromatic rings. The molecule has 0 N–H and O–H groups in total. The third kappa shape index (κ3) is 7.03. The van der Waals surface area contributed by atoms with Gasteiger partial charge in [0.2, 0.25) is 0 Å². The highest BCUT2D eigenvalue weighted by Gasteiger charge is 2.54. The van der Waals surface area contributed by atoms with Crippen LogP contribution in [0, 0.1) is 6.92 Å². The van der Waals surface area contributed by atoms with Gasteiger partial charge < -0.3 is 14.5 Å². The topological polar surface area (TPSA) is 15.7 Å². The first-order valence-electron chi connectivity index (χ1n) is 19.6. The Hall–Kier alpha value is -6.68. The maximum atomic E-state index is 4.44. The van der Waals surface area contributed by atoms with Gasteiger partial charge in [-0.1, -0.05) is 154 Å². The van der Waals surface area contributed by atoms with Crippen LogP contribution in [0.2, 0.25) is 0 Å². The molecule has 0 amide bonds. The van der Waals surface area contributed by atoms with Gasteiger partial charge in [-0.2, -0.15) is 0 Å². The first kappa shape index (κ1) is 38.6. The van der Waals surface area contributed by atoms with E-state index in [2.05, 4.69) is 212 Å². The van der Waals surface area contributed by atoms with Gasteiger partial charge in [0.1, 0.15) is 0 Å². The minimum Gasteiger partial charge on any atom is -0.388 e. The van der Waals surface area contributed by atoms with Crippen LogP contribution in [0.1, 0.15) is 40.3 Å². The van der Waals surface area contributed by atoms with Crippen molar-refractivity contribution < 1.29 is 4.74 Å². The van der Waals surface area contributed by atoms with Gasteiger partial charge in [0.25, 0.3) is 0 Å². The Balaban J connectivity index is 0.00000160. The second-order valence-corrected chi connectivity index (χ2v) is 14.1. The lowest BCUT2D eigenvalue weighted by Crippen LogP contribution is -2.35. The van der Waals surface area contributed by atoms with Gasteiger partial charge in [0, 0.05) is 48.8 Å². The highest BCUT2D eigenvalue weighted by molar-refractivity contribution is 5.99. The fourth-order valence-electron chi connectivity index (χ4n) is 8.48. The molecule has 0 radical (unpaired) electrons. The summed E-state index contributed by atoms with van der Waals surface area (Å²) in [5.74, 6) is 0. The van der Waals surface area contributed by atoms with E-state index >= 15 is 0 Å². The maximum Gasteiger partial charge on any atom is 0.0881 e. The van der Waals surface area contributed by atoms with Crippen molar-refractivity contribution in [1.82, 2.24) is 0 Å². The van der Waals surface area contributed by atoms with Crippen molar-refractivity contribution in [3.05, 3.63) is 252 Å². The quantitative estimate of drug-likeness (QED) is 0.123. The van der Waals surface area contributed by atoms with Crippen molar-refractivity contribution in [1.29, 1.82) is 0 Å². The molecule has 0 saturated carbocycles. The lowest BCUT2D eigenvalue weighted by Gasteiger charge is -2.38. The van der Waals surface area contributed by atoms with E-state index in [1.54, 1.807) is 14.2 Å². The number of rotatable bonds is 11. The predicted octanol–water partition coefficient (Wildman–Crippen LogP) is 13.5. The summed E-state index contributed by atoms with van der Waals surface area (Å²) in [6.45, 7) is 12.9. The van der Waals surface area contributed by atoms with Crippen molar-refractivity contribution in [2.45, 2.75) is 25.7 Å². The van der Waals surface area contributed by atoms with Crippen molar-refractivity contribution in [3.8, 4) is 11.1 Å². The number of nitrogens with zero attached hydrogens (tertiary/aromatic N) is 2. The van der Waals surface area contributed by atoms with Crippen LogP contribution in [-0.2, 0) is 16.6 Å². The van der Waals surface area contributed by atoms with Crippen LogP contribution in [0.4, 0.5) is 17.1 Å². The monoisotopic (exact) mass is 742 g/mol. The average Bonchev–Trinajstić information content (AvgIpc) is 3.70. The van der Waals surface area contributed by atoms with E-state index in [-0.39, 0.29) is 0 Å². The summed E-state index contributed by atoms with van der Waals surface area (Å²) in [6, 6.07) is 54.8. The molecule has 0 fully saturated rings. The summed E-state index contributed by atoms with van der Waals surface area (Å²) in [5.41, 5.74) is 16.2. The van der Waals surface area contributed by atoms with Crippen LogP contribution in [0.25, 0.3) is 16.7 Å². The van der Waals surface area contributed by atoms with E-state index < -0.39 is 5.41 Å². The molecule has 0 bridgehead atoms. The van der Waals surface area contributed by atoms with Crippen LogP contribution < -0.4 is 9.80 Å². The number of methoxy groups -OCH3 is 1. The number of hydrogen-bond acceptors (Lipinski definition) is 3. The summed E-state index contributed by atoms with van der Waals surface area (Å²) < 4.78 is 4.25. The average molecular weight is 743 g/mol. The molecule has 0 aliphatic heterocycles. The lowest BCUT2D eigenvalue weighted by molar-refractivity contribution is 0.277. The Morgan fingerprint density at radius 1 is 0.614 bits per heavy atom. The number of fused-ring (bicyclic) bond motifs is 7. The standard InChI is InChI=1S/C52H44N2.C2H6O/c1-5-8-9-23-34-53(41-24-13-10-14-25-41)51-47(37-40(7-3)54(42-26-15-11-16-27-42)43-28-17-12-18-29-43)45-31-20-22-33-49(45)52(51)48-32-21-19-30-44(48)46-35-38(4)39(6-2)36-50(46)52;1-3-2/h5,7-37H,1,3,6H2,2,4H3;1-2H3/b9-8-,34-23-,40-37+;. The Morgan fingerprint density at radius 3 is 1.70 bits per heavy atom. The number of allylic oxidation sites excluding steroid dienone is 8. The molecular formula is C54H50N2O. The van der Waals surface area contributed by atoms with E-state index in [1.807, 2.05) is 24.3 Å². The minimum absolute atomic E-state index is 0.620. The molecule has 2 aliphatic carbocycles. The highest BCUT2D eigenvalue weighted by Crippen LogP contribution is 2.63. The minimum atomic E-state index is -0.620. The number of anilines is 3. The Kier molecular flexibility index (Phi) is 11.8. The molecule has 0 aromatic heterocycles. The molecule has 1 spiro atoms. The molecule has 6 aromatic carbocycles. The molecule has 1 unspecified atom stereocenters. The Labute approximate surface area is 339 Å². The van der Waals surface area contributed by atoms with E-state index in [1.165, 1.54) is 50.2 Å².